The van der Waals surface area contributed by atoms with Gasteiger partial charge in [-0.3, -0.25) is 0 Å². The van der Waals surface area contributed by atoms with Crippen molar-refractivity contribution in [3.05, 3.63) is 4.13 Å². The van der Waals surface area contributed by atoms with Crippen LogP contribution in [0, 0.1) is 0 Å². The molecule has 0 aliphatic heterocycles. The molecule has 0 aromatic rings. The van der Waals surface area contributed by atoms with Crippen LogP contribution >= 0.6 is 0 Å². The van der Waals surface area contributed by atoms with Gasteiger partial charge in [0.15, 0.2) is 20.0 Å². The van der Waals surface area contributed by atoms with Crippen LogP contribution in [0.1, 0.15) is 19.8 Å². The molecule has 8 nitrogen and oxygen atoms in total. The second-order valence-electron chi connectivity index (χ2n) is 5.51. The molecule has 0 radical (unpaired) electrons. The van der Waals surface area contributed by atoms with Crippen molar-refractivity contribution < 1.29 is 57.9 Å². The summed E-state index contributed by atoms with van der Waals surface area (Å²) in [5.41, 5.74) is -12.4. The summed E-state index contributed by atoms with van der Waals surface area (Å²) in [5.74, 6) is 0. The number of hydrogen-bond donors (Lipinski definition) is 2. The normalized spacial score (nSPS) is 13.9. The van der Waals surface area contributed by atoms with Crippen LogP contribution in [0.15, 0.2) is 0 Å². The second kappa shape index (κ2) is 10.8. The van der Waals surface area contributed by atoms with Crippen molar-refractivity contribution in [1.82, 2.24) is 0 Å². The number of unbranched alkanes of at least 4 members (excludes halogenated alkanes) is 1. The molecule has 0 unspecified atom stereocenters. The van der Waals surface area contributed by atoms with Crippen LogP contribution in [-0.4, -0.2) is 82.4 Å². The highest BCUT2D eigenvalue weighted by Gasteiger charge is 2.46. The Morgan fingerprint density at radius 1 is 0.815 bits per heavy atom. The molecule has 0 amide bonds. The van der Waals surface area contributed by atoms with E-state index < -0.39 is 31.1 Å². The molecule has 0 aromatic heterocycles. The zero-order valence-electron chi connectivity index (χ0n) is 14.5. The van der Waals surface area contributed by atoms with E-state index in [1.807, 2.05) is 0 Å². The quantitative estimate of drug-likeness (QED) is 0.398. The maximum absolute atomic E-state index is 11.4. The molecule has 0 atom stereocenters. The predicted octanol–water partition coefficient (Wildman–Crippen LogP) is 1.28. The van der Waals surface area contributed by atoms with Gasteiger partial charge in [-0.25, -0.2) is 16.8 Å². The van der Waals surface area contributed by atoms with E-state index in [1.54, 1.807) is 0 Å². The first-order valence-electron chi connectivity index (χ1n) is 7.31. The average Bonchev–Trinajstić information content (AvgIpc) is 2.43. The molecule has 2 N–H and O–H groups in total. The van der Waals surface area contributed by atoms with Gasteiger partial charge in [-0.1, -0.05) is 13.3 Å². The van der Waals surface area contributed by atoms with E-state index in [4.69, 9.17) is 10.2 Å². The van der Waals surface area contributed by atoms with E-state index in [0.29, 0.717) is 0 Å². The van der Waals surface area contributed by atoms with Crippen molar-refractivity contribution >= 4 is 20.0 Å². The number of aliphatic hydroxyl groups is 2. The fourth-order valence-electron chi connectivity index (χ4n) is 1.57. The third-order valence-corrected chi connectivity index (χ3v) is 5.85. The van der Waals surface area contributed by atoms with Crippen molar-refractivity contribution in [1.29, 1.82) is 0 Å². The summed E-state index contributed by atoms with van der Waals surface area (Å²) >= 11 is 0. The number of aliphatic hydroxyl groups excluding tert-OH is 2. The highest BCUT2D eigenvalue weighted by atomic mass is 32.3. The third kappa shape index (κ3) is 10.4. The molecule has 0 aliphatic rings. The molecule has 0 rings (SSSR count). The second-order valence-corrected chi connectivity index (χ2v) is 8.93. The average molecular weight is 456 g/mol. The Balaban J connectivity index is 0. The maximum atomic E-state index is 11.4. The van der Waals surface area contributed by atoms with Crippen LogP contribution in [0.25, 0.3) is 4.13 Å². The molecular weight excluding hydrogens is 434 g/mol. The zero-order chi connectivity index (χ0) is 22.2. The Labute approximate surface area is 153 Å². The summed E-state index contributed by atoms with van der Waals surface area (Å²) in [6.07, 6.45) is 2.33. The Bertz CT molecular complexity index is 585. The Kier molecular flexibility index (Phi) is 11.4. The van der Waals surface area contributed by atoms with Gasteiger partial charge in [-0.2, -0.15) is 26.3 Å². The SMILES string of the molecule is CCCC[N+](C)(CCO)CCO.O=S(=O)([N-]S(=O)(=O)C(F)(F)F)C(F)(F)F. The molecule has 0 aliphatic carbocycles. The minimum atomic E-state index is -6.72. The predicted molar refractivity (Wildman–Crippen MR) is 83.2 cm³/mol. The van der Waals surface area contributed by atoms with E-state index in [0.717, 1.165) is 34.7 Å². The van der Waals surface area contributed by atoms with Crippen molar-refractivity contribution in [2.45, 2.75) is 30.8 Å². The van der Waals surface area contributed by atoms with Gasteiger partial charge in [0.05, 0.1) is 26.8 Å². The molecule has 0 spiro atoms. The summed E-state index contributed by atoms with van der Waals surface area (Å²) < 4.78 is 110. The number of likely N-dealkylation sites (N-methyl/N-ethyl adjacent to an activating group) is 1. The van der Waals surface area contributed by atoms with Crippen molar-refractivity contribution in [3.8, 4) is 0 Å². The molecule has 16 heteroatoms. The van der Waals surface area contributed by atoms with Gasteiger partial charge in [0.2, 0.25) is 0 Å². The Hall–Kier alpha value is -0.680. The van der Waals surface area contributed by atoms with Gasteiger partial charge < -0.3 is 18.8 Å². The first kappa shape index (κ1) is 28.5. The van der Waals surface area contributed by atoms with Crippen molar-refractivity contribution in [2.75, 3.05) is 39.9 Å². The summed E-state index contributed by atoms with van der Waals surface area (Å²) in [6, 6.07) is 0. The molecule has 0 fully saturated rings. The standard InChI is InChI=1S/C9H22NO2.C2F6NO4S2/c1-3-4-5-10(2,6-8-11)7-9-12;3-1(4,5)14(10,11)9-15(12,13)2(6,7)8/h11-12H,3-9H2,1-2H3;/q+1;-1. The van der Waals surface area contributed by atoms with E-state index in [9.17, 15) is 43.2 Å². The van der Waals surface area contributed by atoms with Crippen LogP contribution in [0.5, 0.6) is 0 Å². The fourth-order valence-corrected chi connectivity index (χ4v) is 3.28. The van der Waals surface area contributed by atoms with E-state index in [2.05, 4.69) is 14.0 Å². The topological polar surface area (TPSA) is 123 Å². The van der Waals surface area contributed by atoms with Gasteiger partial charge >= 0.3 is 11.0 Å². The number of nitrogens with zero attached hydrogens (tertiary/aromatic N) is 2. The number of halogens is 6. The zero-order valence-corrected chi connectivity index (χ0v) is 16.1. The van der Waals surface area contributed by atoms with Crippen molar-refractivity contribution in [3.63, 3.8) is 0 Å². The number of hydrogen-bond acceptors (Lipinski definition) is 6. The van der Waals surface area contributed by atoms with Crippen LogP contribution in [0.3, 0.4) is 0 Å². The molecule has 0 bridgehead atoms. The number of alkyl halides is 6. The first-order valence-corrected chi connectivity index (χ1v) is 10.2. The van der Waals surface area contributed by atoms with Crippen LogP contribution in [0.4, 0.5) is 26.3 Å². The molecule has 0 saturated heterocycles. The first-order chi connectivity index (χ1) is 11.9. The van der Waals surface area contributed by atoms with E-state index in [-0.39, 0.29) is 13.2 Å². The molecule has 0 saturated carbocycles. The molecule has 27 heavy (non-hydrogen) atoms. The highest BCUT2D eigenvalue weighted by molar-refractivity contribution is 8.13. The lowest BCUT2D eigenvalue weighted by atomic mass is 10.2. The fraction of sp³-hybridized carbons (Fsp3) is 1.00. The minimum absolute atomic E-state index is 0.209. The third-order valence-electron chi connectivity index (χ3n) is 3.11. The maximum Gasteiger partial charge on any atom is 0.480 e. The summed E-state index contributed by atoms with van der Waals surface area (Å²) in [6.45, 7) is 5.13. The van der Waals surface area contributed by atoms with E-state index in [1.165, 1.54) is 6.42 Å². The van der Waals surface area contributed by atoms with Crippen LogP contribution in [0.2, 0.25) is 0 Å². The number of sulfonamides is 2. The highest BCUT2D eigenvalue weighted by Crippen LogP contribution is 2.36. The van der Waals surface area contributed by atoms with Crippen LogP contribution in [-0.2, 0) is 20.0 Å². The Morgan fingerprint density at radius 2 is 1.15 bits per heavy atom. The molecule has 0 heterocycles. The monoisotopic (exact) mass is 456 g/mol. The largest absolute Gasteiger partial charge is 0.480 e. The van der Waals surface area contributed by atoms with Crippen LogP contribution < -0.4 is 0 Å². The Morgan fingerprint density at radius 3 is 1.37 bits per heavy atom. The lowest BCUT2D eigenvalue weighted by molar-refractivity contribution is -0.910. The van der Waals surface area contributed by atoms with Gasteiger partial charge in [-0.15, -0.1) is 0 Å². The van der Waals surface area contributed by atoms with Gasteiger partial charge in [-0.05, 0) is 6.42 Å². The number of quaternary nitrogens is 1. The van der Waals surface area contributed by atoms with Gasteiger partial charge in [0.25, 0.3) is 0 Å². The van der Waals surface area contributed by atoms with E-state index >= 15 is 0 Å². The minimum Gasteiger partial charge on any atom is -0.421 e. The lowest BCUT2D eigenvalue weighted by Crippen LogP contribution is -2.48. The summed E-state index contributed by atoms with van der Waals surface area (Å²) in [4.78, 5) is 0. The number of rotatable bonds is 9. The van der Waals surface area contributed by atoms with Gasteiger partial charge in [0.1, 0.15) is 13.1 Å². The lowest BCUT2D eigenvalue weighted by Gasteiger charge is -2.33. The smallest absolute Gasteiger partial charge is 0.421 e. The summed E-state index contributed by atoms with van der Waals surface area (Å²) in [7, 11) is -11.4. The summed E-state index contributed by atoms with van der Waals surface area (Å²) in [5, 5.41) is 17.7. The molecule has 0 aromatic carbocycles. The molecule has 166 valence electrons. The van der Waals surface area contributed by atoms with Gasteiger partial charge in [0, 0.05) is 0 Å². The molecular formula is C11H22F6N2O6S2. The van der Waals surface area contributed by atoms with Crippen molar-refractivity contribution in [2.24, 2.45) is 0 Å².